The van der Waals surface area contributed by atoms with Crippen LogP contribution in [-0.2, 0) is 11.3 Å². The zero-order valence-electron chi connectivity index (χ0n) is 11.3. The molecular formula is C12H15N3O6. The van der Waals surface area contributed by atoms with E-state index < -0.39 is 16.9 Å². The van der Waals surface area contributed by atoms with Gasteiger partial charge in [-0.15, -0.1) is 0 Å². The van der Waals surface area contributed by atoms with E-state index in [1.54, 1.807) is 6.07 Å². The molecule has 3 N–H and O–H groups in total. The summed E-state index contributed by atoms with van der Waals surface area (Å²) in [6, 6.07) is 3.78. The van der Waals surface area contributed by atoms with E-state index in [9.17, 15) is 19.7 Å². The number of hydrogen-bond donors (Lipinski definition) is 3. The fraction of sp³-hybridized carbons (Fsp3) is 0.333. The van der Waals surface area contributed by atoms with Crippen LogP contribution in [0.2, 0.25) is 0 Å². The third kappa shape index (κ3) is 5.35. The molecule has 9 nitrogen and oxygen atoms in total. The van der Waals surface area contributed by atoms with Gasteiger partial charge in [-0.05, 0) is 11.6 Å². The summed E-state index contributed by atoms with van der Waals surface area (Å²) in [7, 11) is 1.33. The number of methoxy groups -OCH3 is 1. The highest BCUT2D eigenvalue weighted by molar-refractivity contribution is 5.75. The molecule has 0 aliphatic rings. The van der Waals surface area contributed by atoms with Gasteiger partial charge in [-0.1, -0.05) is 6.07 Å². The van der Waals surface area contributed by atoms with Gasteiger partial charge in [0.15, 0.2) is 5.75 Å². The number of amides is 2. The third-order valence-electron chi connectivity index (χ3n) is 2.52. The van der Waals surface area contributed by atoms with Crippen molar-refractivity contribution in [2.75, 3.05) is 13.7 Å². The number of hydrogen-bond acceptors (Lipinski definition) is 5. The summed E-state index contributed by atoms with van der Waals surface area (Å²) < 4.78 is 4.87. The molecule has 0 aliphatic heterocycles. The molecule has 0 radical (unpaired) electrons. The summed E-state index contributed by atoms with van der Waals surface area (Å²) in [4.78, 5) is 31.9. The summed E-state index contributed by atoms with van der Waals surface area (Å²) in [6.45, 7) is 0.0770. The summed E-state index contributed by atoms with van der Waals surface area (Å²) in [6.07, 6.45) is -0.179. The number of nitro benzene ring substituents is 1. The zero-order valence-corrected chi connectivity index (χ0v) is 11.3. The Bertz CT molecular complexity index is 546. The van der Waals surface area contributed by atoms with Gasteiger partial charge in [-0.25, -0.2) is 4.79 Å². The molecule has 0 fully saturated rings. The van der Waals surface area contributed by atoms with Crippen LogP contribution in [0.1, 0.15) is 12.0 Å². The Balaban J connectivity index is 2.55. The van der Waals surface area contributed by atoms with Crippen LogP contribution in [0, 0.1) is 10.1 Å². The first-order chi connectivity index (χ1) is 9.93. The Morgan fingerprint density at radius 1 is 1.38 bits per heavy atom. The second kappa shape index (κ2) is 7.68. The molecule has 1 aromatic rings. The van der Waals surface area contributed by atoms with Crippen molar-refractivity contribution in [3.63, 3.8) is 0 Å². The lowest BCUT2D eigenvalue weighted by molar-refractivity contribution is -0.385. The van der Waals surface area contributed by atoms with Crippen molar-refractivity contribution in [1.82, 2.24) is 10.6 Å². The number of ether oxygens (including phenoxy) is 1. The second-order valence-electron chi connectivity index (χ2n) is 4.02. The fourth-order valence-electron chi connectivity index (χ4n) is 1.52. The molecule has 0 aromatic heterocycles. The number of nitro groups is 1. The number of nitrogens with one attached hydrogen (secondary N) is 2. The number of aliphatic carboxylic acids is 1. The van der Waals surface area contributed by atoms with E-state index in [4.69, 9.17) is 9.84 Å². The number of carbonyl (C=O) groups is 2. The lowest BCUT2D eigenvalue weighted by atomic mass is 10.2. The lowest BCUT2D eigenvalue weighted by Gasteiger charge is -2.08. The van der Waals surface area contributed by atoms with Crippen LogP contribution < -0.4 is 15.4 Å². The Kier molecular flexibility index (Phi) is 5.93. The zero-order chi connectivity index (χ0) is 15.8. The average molecular weight is 297 g/mol. The Morgan fingerprint density at radius 3 is 2.67 bits per heavy atom. The first-order valence-corrected chi connectivity index (χ1v) is 5.99. The number of benzene rings is 1. The standard InChI is InChI=1S/C12H15N3O6/c1-21-10-3-2-8(6-9(10)15(19)20)7-14-12(18)13-5-4-11(16)17/h2-3,6H,4-5,7H2,1H3,(H,16,17)(H2,13,14,18). The Labute approximate surface area is 120 Å². The van der Waals surface area contributed by atoms with Crippen molar-refractivity contribution in [3.05, 3.63) is 33.9 Å². The van der Waals surface area contributed by atoms with Crippen LogP contribution in [-0.4, -0.2) is 35.7 Å². The van der Waals surface area contributed by atoms with Crippen molar-refractivity contribution in [2.24, 2.45) is 0 Å². The minimum absolute atomic E-state index is 0.00390. The quantitative estimate of drug-likeness (QED) is 0.505. The van der Waals surface area contributed by atoms with Gasteiger partial charge < -0.3 is 20.5 Å². The number of rotatable bonds is 7. The van der Waals surface area contributed by atoms with Gasteiger partial charge in [0.2, 0.25) is 0 Å². The van der Waals surface area contributed by atoms with Crippen molar-refractivity contribution in [2.45, 2.75) is 13.0 Å². The van der Waals surface area contributed by atoms with Crippen LogP contribution in [0.5, 0.6) is 5.75 Å². The number of urea groups is 1. The highest BCUT2D eigenvalue weighted by Gasteiger charge is 2.15. The number of carboxylic acids is 1. The average Bonchev–Trinajstić information content (AvgIpc) is 2.44. The van der Waals surface area contributed by atoms with Gasteiger partial charge in [0, 0.05) is 19.2 Å². The topological polar surface area (TPSA) is 131 Å². The Hall–Kier alpha value is -2.84. The first kappa shape index (κ1) is 16.2. The molecule has 0 saturated heterocycles. The largest absolute Gasteiger partial charge is 0.490 e. The maximum atomic E-state index is 11.4. The minimum Gasteiger partial charge on any atom is -0.490 e. The number of carbonyl (C=O) groups excluding carboxylic acids is 1. The minimum atomic E-state index is -1.01. The molecule has 0 heterocycles. The highest BCUT2D eigenvalue weighted by atomic mass is 16.6. The summed E-state index contributed by atoms with van der Waals surface area (Å²) in [5.41, 5.74) is 0.332. The lowest BCUT2D eigenvalue weighted by Crippen LogP contribution is -2.36. The SMILES string of the molecule is COc1ccc(CNC(=O)NCCC(=O)O)cc1[N+](=O)[O-]. The Morgan fingerprint density at radius 2 is 2.10 bits per heavy atom. The van der Waals surface area contributed by atoms with Gasteiger partial charge in [-0.3, -0.25) is 14.9 Å². The molecule has 0 bridgehead atoms. The summed E-state index contributed by atoms with van der Waals surface area (Å²) in [5, 5.41) is 24.1. The van der Waals surface area contributed by atoms with Gasteiger partial charge in [0.25, 0.3) is 0 Å². The van der Waals surface area contributed by atoms with Gasteiger partial charge in [-0.2, -0.15) is 0 Å². The molecule has 1 aromatic carbocycles. The van der Waals surface area contributed by atoms with Crippen LogP contribution >= 0.6 is 0 Å². The number of carboxylic acid groups (broad SMARTS) is 1. The molecule has 9 heteroatoms. The molecule has 2 amide bonds. The molecular weight excluding hydrogens is 282 g/mol. The molecule has 114 valence electrons. The summed E-state index contributed by atoms with van der Waals surface area (Å²) >= 11 is 0. The normalized spacial score (nSPS) is 9.76. The van der Waals surface area contributed by atoms with E-state index in [-0.39, 0.29) is 30.9 Å². The van der Waals surface area contributed by atoms with E-state index in [0.717, 1.165) is 0 Å². The fourth-order valence-corrected chi connectivity index (χ4v) is 1.52. The smallest absolute Gasteiger partial charge is 0.315 e. The van der Waals surface area contributed by atoms with Crippen molar-refractivity contribution in [3.8, 4) is 5.75 Å². The van der Waals surface area contributed by atoms with Gasteiger partial charge in [0.1, 0.15) is 0 Å². The number of nitrogens with zero attached hydrogens (tertiary/aromatic N) is 1. The predicted octanol–water partition coefficient (Wildman–Crippen LogP) is 0.877. The molecule has 1 rings (SSSR count). The van der Waals surface area contributed by atoms with E-state index in [1.807, 2.05) is 0 Å². The second-order valence-corrected chi connectivity index (χ2v) is 4.02. The molecule has 0 spiro atoms. The molecule has 0 saturated carbocycles. The van der Waals surface area contributed by atoms with Gasteiger partial charge in [0.05, 0.1) is 18.5 Å². The summed E-state index contributed by atoms with van der Waals surface area (Å²) in [5.74, 6) is -0.879. The van der Waals surface area contributed by atoms with Crippen LogP contribution in [0.25, 0.3) is 0 Å². The van der Waals surface area contributed by atoms with Gasteiger partial charge >= 0.3 is 17.7 Å². The highest BCUT2D eigenvalue weighted by Crippen LogP contribution is 2.27. The maximum Gasteiger partial charge on any atom is 0.315 e. The molecule has 0 atom stereocenters. The molecule has 21 heavy (non-hydrogen) atoms. The molecule has 0 aliphatic carbocycles. The van der Waals surface area contributed by atoms with E-state index in [1.165, 1.54) is 19.2 Å². The van der Waals surface area contributed by atoms with E-state index in [0.29, 0.717) is 5.56 Å². The van der Waals surface area contributed by atoms with Crippen LogP contribution in [0.3, 0.4) is 0 Å². The first-order valence-electron chi connectivity index (χ1n) is 5.99. The maximum absolute atomic E-state index is 11.4. The molecule has 0 unspecified atom stereocenters. The predicted molar refractivity (Wildman–Crippen MR) is 72.1 cm³/mol. The van der Waals surface area contributed by atoms with Crippen LogP contribution in [0.4, 0.5) is 10.5 Å². The van der Waals surface area contributed by atoms with E-state index >= 15 is 0 Å². The monoisotopic (exact) mass is 297 g/mol. The van der Waals surface area contributed by atoms with Crippen molar-refractivity contribution in [1.29, 1.82) is 0 Å². The van der Waals surface area contributed by atoms with Crippen molar-refractivity contribution >= 4 is 17.7 Å². The van der Waals surface area contributed by atoms with E-state index in [2.05, 4.69) is 10.6 Å². The third-order valence-corrected chi connectivity index (χ3v) is 2.52. The van der Waals surface area contributed by atoms with Crippen LogP contribution in [0.15, 0.2) is 18.2 Å². The van der Waals surface area contributed by atoms with Crippen molar-refractivity contribution < 1.29 is 24.4 Å².